The van der Waals surface area contributed by atoms with E-state index in [1.165, 1.54) is 12.1 Å². The van der Waals surface area contributed by atoms with Gasteiger partial charge in [0.1, 0.15) is 11.6 Å². The van der Waals surface area contributed by atoms with Gasteiger partial charge in [0.25, 0.3) is 0 Å². The van der Waals surface area contributed by atoms with Crippen LogP contribution in [0.1, 0.15) is 12.8 Å². The van der Waals surface area contributed by atoms with Crippen LogP contribution in [-0.2, 0) is 4.74 Å². The third-order valence-electron chi connectivity index (χ3n) is 4.96. The summed E-state index contributed by atoms with van der Waals surface area (Å²) in [6.45, 7) is 5.31. The highest BCUT2D eigenvalue weighted by Crippen LogP contribution is 2.41. The molecule has 2 atom stereocenters. The van der Waals surface area contributed by atoms with Crippen LogP contribution < -0.4 is 4.74 Å². The summed E-state index contributed by atoms with van der Waals surface area (Å²) in [5, 5.41) is 9.77. The van der Waals surface area contributed by atoms with Crippen molar-refractivity contribution in [3.05, 3.63) is 30.1 Å². The van der Waals surface area contributed by atoms with Crippen LogP contribution >= 0.6 is 0 Å². The van der Waals surface area contributed by atoms with E-state index in [1.54, 1.807) is 12.1 Å². The third-order valence-corrected chi connectivity index (χ3v) is 4.96. The Bertz CT molecular complexity index is 481. The molecule has 2 aliphatic rings. The highest BCUT2D eigenvalue weighted by molar-refractivity contribution is 5.21. The van der Waals surface area contributed by atoms with Crippen molar-refractivity contribution in [2.45, 2.75) is 12.8 Å². The summed E-state index contributed by atoms with van der Waals surface area (Å²) in [5.41, 5.74) is 0.0378. The second-order valence-electron chi connectivity index (χ2n) is 6.43. The molecule has 2 aliphatic heterocycles. The Balaban J connectivity index is 1.42. The molecule has 3 rings (SSSR count). The lowest BCUT2D eigenvalue weighted by molar-refractivity contribution is -0.0416. The third kappa shape index (κ3) is 3.42. The van der Waals surface area contributed by atoms with Crippen molar-refractivity contribution in [3.63, 3.8) is 0 Å². The van der Waals surface area contributed by atoms with E-state index in [0.717, 1.165) is 45.7 Å². The predicted molar refractivity (Wildman–Crippen MR) is 81.4 cm³/mol. The molecule has 5 heteroatoms. The van der Waals surface area contributed by atoms with Gasteiger partial charge in [-0.05, 0) is 37.1 Å². The number of fused-ring (bicyclic) bond motifs is 1. The molecular weight excluding hydrogens is 285 g/mol. The van der Waals surface area contributed by atoms with E-state index < -0.39 is 0 Å². The van der Waals surface area contributed by atoms with E-state index in [0.29, 0.717) is 18.3 Å². The Morgan fingerprint density at radius 2 is 2.18 bits per heavy atom. The Morgan fingerprint density at radius 3 is 2.91 bits per heavy atom. The molecule has 0 bridgehead atoms. The van der Waals surface area contributed by atoms with E-state index >= 15 is 0 Å². The maximum absolute atomic E-state index is 12.8. The first-order valence-corrected chi connectivity index (χ1v) is 8.01. The maximum Gasteiger partial charge on any atom is 0.123 e. The van der Waals surface area contributed by atoms with Crippen molar-refractivity contribution < 1.29 is 19.0 Å². The fourth-order valence-corrected chi connectivity index (χ4v) is 3.60. The topological polar surface area (TPSA) is 41.9 Å². The molecule has 0 spiro atoms. The largest absolute Gasteiger partial charge is 0.494 e. The molecule has 122 valence electrons. The molecule has 4 nitrogen and oxygen atoms in total. The minimum atomic E-state index is -0.247. The molecule has 0 radical (unpaired) electrons. The van der Waals surface area contributed by atoms with Gasteiger partial charge in [0.05, 0.1) is 19.8 Å². The molecule has 1 aromatic carbocycles. The van der Waals surface area contributed by atoms with Crippen LogP contribution in [0.5, 0.6) is 5.75 Å². The Kier molecular flexibility index (Phi) is 4.96. The molecular formula is C17H24FNO3. The summed E-state index contributed by atoms with van der Waals surface area (Å²) in [6.07, 6.45) is 1.88. The zero-order valence-corrected chi connectivity index (χ0v) is 12.8. The number of ether oxygens (including phenoxy) is 2. The van der Waals surface area contributed by atoms with Crippen LogP contribution in [0.25, 0.3) is 0 Å². The van der Waals surface area contributed by atoms with Crippen molar-refractivity contribution in [2.24, 2.45) is 11.3 Å². The van der Waals surface area contributed by atoms with Gasteiger partial charge in [-0.15, -0.1) is 0 Å². The molecule has 0 unspecified atom stereocenters. The van der Waals surface area contributed by atoms with Crippen LogP contribution in [0.2, 0.25) is 0 Å². The number of likely N-dealkylation sites (tertiary alicyclic amines) is 1. The van der Waals surface area contributed by atoms with Gasteiger partial charge in [-0.25, -0.2) is 4.39 Å². The first-order valence-electron chi connectivity index (χ1n) is 8.01. The van der Waals surface area contributed by atoms with Gasteiger partial charge in [0.15, 0.2) is 0 Å². The monoisotopic (exact) mass is 309 g/mol. The number of benzene rings is 1. The number of aliphatic hydroxyl groups is 1. The summed E-state index contributed by atoms with van der Waals surface area (Å²) >= 11 is 0. The number of nitrogens with zero attached hydrogens (tertiary/aromatic N) is 1. The van der Waals surface area contributed by atoms with Crippen molar-refractivity contribution >= 4 is 0 Å². The smallest absolute Gasteiger partial charge is 0.123 e. The summed E-state index contributed by atoms with van der Waals surface area (Å²) in [5.74, 6) is 0.907. The van der Waals surface area contributed by atoms with Gasteiger partial charge >= 0.3 is 0 Å². The van der Waals surface area contributed by atoms with Gasteiger partial charge in [0.2, 0.25) is 0 Å². The van der Waals surface area contributed by atoms with Gasteiger partial charge in [-0.1, -0.05) is 0 Å². The van der Waals surface area contributed by atoms with Gasteiger partial charge in [-0.3, -0.25) is 0 Å². The number of halogens is 1. The predicted octanol–water partition coefficient (Wildman–Crippen LogP) is 1.93. The molecule has 0 amide bonds. The van der Waals surface area contributed by atoms with E-state index in [1.807, 2.05) is 0 Å². The molecule has 1 aromatic rings. The Labute approximate surface area is 130 Å². The summed E-state index contributed by atoms with van der Waals surface area (Å²) in [6, 6.07) is 6.12. The summed E-state index contributed by atoms with van der Waals surface area (Å²) in [4.78, 5) is 2.41. The van der Waals surface area contributed by atoms with Gasteiger partial charge < -0.3 is 19.5 Å². The van der Waals surface area contributed by atoms with Crippen molar-refractivity contribution in [2.75, 3.05) is 46.1 Å². The van der Waals surface area contributed by atoms with E-state index in [-0.39, 0.29) is 17.8 Å². The second-order valence-corrected chi connectivity index (χ2v) is 6.43. The number of hydrogen-bond donors (Lipinski definition) is 1. The fourth-order valence-electron chi connectivity index (χ4n) is 3.60. The van der Waals surface area contributed by atoms with Crippen molar-refractivity contribution in [1.29, 1.82) is 0 Å². The number of aliphatic hydroxyl groups excluding tert-OH is 1. The zero-order valence-electron chi connectivity index (χ0n) is 12.8. The summed E-state index contributed by atoms with van der Waals surface area (Å²) < 4.78 is 24.0. The van der Waals surface area contributed by atoms with Gasteiger partial charge in [-0.2, -0.15) is 0 Å². The molecule has 22 heavy (non-hydrogen) atoms. The summed E-state index contributed by atoms with van der Waals surface area (Å²) in [7, 11) is 0. The lowest BCUT2D eigenvalue weighted by Crippen LogP contribution is -2.41. The number of rotatable bonds is 6. The molecule has 2 saturated heterocycles. The second kappa shape index (κ2) is 6.94. The van der Waals surface area contributed by atoms with Crippen LogP contribution in [0.15, 0.2) is 24.3 Å². The van der Waals surface area contributed by atoms with Crippen molar-refractivity contribution in [3.8, 4) is 5.75 Å². The van der Waals surface area contributed by atoms with Crippen molar-refractivity contribution in [1.82, 2.24) is 4.90 Å². The van der Waals surface area contributed by atoms with E-state index in [2.05, 4.69) is 4.90 Å². The number of hydrogen-bond acceptors (Lipinski definition) is 4. The molecule has 0 aliphatic carbocycles. The average molecular weight is 309 g/mol. The van der Waals surface area contributed by atoms with E-state index in [9.17, 15) is 9.50 Å². The van der Waals surface area contributed by atoms with Crippen LogP contribution in [0.3, 0.4) is 0 Å². The van der Waals surface area contributed by atoms with Crippen LogP contribution in [0.4, 0.5) is 4.39 Å². The molecule has 0 saturated carbocycles. The maximum atomic E-state index is 12.8. The highest BCUT2D eigenvalue weighted by Gasteiger charge is 2.47. The normalized spacial score (nSPS) is 28.5. The Morgan fingerprint density at radius 1 is 1.36 bits per heavy atom. The quantitative estimate of drug-likeness (QED) is 0.815. The van der Waals surface area contributed by atoms with Gasteiger partial charge in [0, 0.05) is 37.6 Å². The SMILES string of the molecule is OC[C@]12CCOC[C@H]1CN(CCCOc1ccc(F)cc1)C2. The lowest BCUT2D eigenvalue weighted by Gasteiger charge is -2.36. The first-order chi connectivity index (χ1) is 10.7. The molecule has 2 fully saturated rings. The average Bonchev–Trinajstić information content (AvgIpc) is 2.92. The minimum absolute atomic E-state index is 0.0378. The Hall–Kier alpha value is -1.17. The van der Waals surface area contributed by atoms with Crippen LogP contribution in [0, 0.1) is 17.2 Å². The highest BCUT2D eigenvalue weighted by atomic mass is 19.1. The zero-order chi connectivity index (χ0) is 15.4. The van der Waals surface area contributed by atoms with E-state index in [4.69, 9.17) is 9.47 Å². The standard InChI is InChI=1S/C17H24FNO3/c18-15-2-4-16(5-3-15)22-8-1-7-19-10-14-11-21-9-6-17(14,12-19)13-20/h2-5,14,20H,1,6-13H2/t14-,17-/m1/s1. The lowest BCUT2D eigenvalue weighted by atomic mass is 9.75. The minimum Gasteiger partial charge on any atom is -0.494 e. The fraction of sp³-hybridized carbons (Fsp3) is 0.647. The first kappa shape index (κ1) is 15.7. The molecule has 2 heterocycles. The molecule has 0 aromatic heterocycles. The molecule has 1 N–H and O–H groups in total. The van der Waals surface area contributed by atoms with Crippen LogP contribution in [-0.4, -0.2) is 56.1 Å².